The largest absolute Gasteiger partial charge is 0.444 e. The van der Waals surface area contributed by atoms with Gasteiger partial charge in [-0.05, 0) is 112 Å². The number of hydrogen-bond donors (Lipinski definition) is 1. The summed E-state index contributed by atoms with van der Waals surface area (Å²) in [6.45, 7) is 6.64. The van der Waals surface area contributed by atoms with Crippen molar-refractivity contribution in [3.05, 3.63) is 59.2 Å². The van der Waals surface area contributed by atoms with Crippen LogP contribution in [0.1, 0.15) is 87.9 Å². The lowest BCUT2D eigenvalue weighted by atomic mass is 9.87. The summed E-state index contributed by atoms with van der Waals surface area (Å²) in [6.07, 6.45) is 1.38. The highest BCUT2D eigenvalue weighted by molar-refractivity contribution is 5.68. The molecule has 1 saturated carbocycles. The molecule has 1 heterocycles. The summed E-state index contributed by atoms with van der Waals surface area (Å²) in [7, 11) is 0. The third-order valence-corrected chi connectivity index (χ3v) is 7.94. The molecule has 1 amide bonds. The molecule has 7 heteroatoms. The van der Waals surface area contributed by atoms with Crippen molar-refractivity contribution in [3.8, 4) is 11.1 Å². The topological polar surface area (TPSA) is 41.6 Å². The van der Waals surface area contributed by atoms with E-state index in [1.54, 1.807) is 6.07 Å². The number of rotatable bonds is 3. The van der Waals surface area contributed by atoms with Crippen molar-refractivity contribution >= 4 is 6.09 Å². The average Bonchev–Trinajstić information content (AvgIpc) is 3.09. The number of ether oxygens (including phenoxy) is 1. The molecule has 194 valence electrons. The number of nitrogens with zero attached hydrogens (tertiary/aromatic N) is 1. The number of alkyl halides is 3. The van der Waals surface area contributed by atoms with Crippen LogP contribution in [0, 0.1) is 0 Å². The monoisotopic (exact) mass is 500 g/mol. The minimum atomic E-state index is -4.35. The number of fused-ring (bicyclic) bond motifs is 5. The number of hydrogen-bond acceptors (Lipinski definition) is 3. The maximum absolute atomic E-state index is 13.3. The number of halogens is 3. The third-order valence-electron chi connectivity index (χ3n) is 7.94. The van der Waals surface area contributed by atoms with Crippen LogP contribution in [0.3, 0.4) is 0 Å². The highest BCUT2D eigenvalue weighted by Gasteiger charge is 2.42. The molecule has 3 aliphatic rings. The van der Waals surface area contributed by atoms with Gasteiger partial charge in [-0.25, -0.2) is 4.79 Å². The van der Waals surface area contributed by atoms with Gasteiger partial charge in [0.25, 0.3) is 0 Å². The highest BCUT2D eigenvalue weighted by atomic mass is 19.4. The first-order chi connectivity index (χ1) is 17.0. The van der Waals surface area contributed by atoms with E-state index in [-0.39, 0.29) is 12.1 Å². The van der Waals surface area contributed by atoms with E-state index < -0.39 is 17.3 Å². The van der Waals surface area contributed by atoms with Gasteiger partial charge in [0.1, 0.15) is 5.60 Å². The molecule has 2 bridgehead atoms. The Morgan fingerprint density at radius 2 is 1.67 bits per heavy atom. The Morgan fingerprint density at radius 3 is 2.36 bits per heavy atom. The zero-order valence-corrected chi connectivity index (χ0v) is 21.2. The second-order valence-electron chi connectivity index (χ2n) is 11.5. The highest BCUT2D eigenvalue weighted by Crippen LogP contribution is 2.51. The number of benzene rings is 2. The van der Waals surface area contributed by atoms with E-state index in [0.717, 1.165) is 56.7 Å². The maximum atomic E-state index is 13.3. The number of carbonyl (C=O) groups excluding carboxylic acids is 1. The molecule has 2 aromatic rings. The van der Waals surface area contributed by atoms with Crippen LogP contribution in [0.15, 0.2) is 42.5 Å². The quantitative estimate of drug-likeness (QED) is 0.476. The van der Waals surface area contributed by atoms with Crippen LogP contribution in [0.25, 0.3) is 11.1 Å². The fourth-order valence-electron chi connectivity index (χ4n) is 6.32. The number of likely N-dealkylation sites (tertiary alicyclic amines) is 1. The molecule has 5 rings (SSSR count). The molecular formula is C29H35F3N2O2. The lowest BCUT2D eigenvalue weighted by Crippen LogP contribution is -2.47. The molecule has 2 atom stereocenters. The van der Waals surface area contributed by atoms with E-state index in [1.807, 2.05) is 26.8 Å². The summed E-state index contributed by atoms with van der Waals surface area (Å²) in [4.78, 5) is 14.8. The molecule has 2 aromatic carbocycles. The van der Waals surface area contributed by atoms with Gasteiger partial charge >= 0.3 is 12.3 Å². The Balaban J connectivity index is 1.29. The Morgan fingerprint density at radius 1 is 0.944 bits per heavy atom. The van der Waals surface area contributed by atoms with Crippen LogP contribution in [-0.4, -0.2) is 35.2 Å². The van der Waals surface area contributed by atoms with E-state index in [0.29, 0.717) is 23.6 Å². The molecule has 2 fully saturated rings. The van der Waals surface area contributed by atoms with Gasteiger partial charge in [0.2, 0.25) is 0 Å². The molecule has 1 saturated heterocycles. The number of amides is 1. The average molecular weight is 501 g/mol. The molecule has 1 N–H and O–H groups in total. The van der Waals surface area contributed by atoms with Crippen molar-refractivity contribution in [2.75, 3.05) is 6.54 Å². The lowest BCUT2D eigenvalue weighted by Gasteiger charge is -2.43. The van der Waals surface area contributed by atoms with Crippen molar-refractivity contribution in [1.29, 1.82) is 0 Å². The van der Waals surface area contributed by atoms with Gasteiger partial charge in [-0.15, -0.1) is 0 Å². The van der Waals surface area contributed by atoms with Crippen molar-refractivity contribution in [2.45, 2.75) is 95.1 Å². The normalized spacial score (nSPS) is 26.4. The van der Waals surface area contributed by atoms with Crippen LogP contribution in [0.5, 0.6) is 0 Å². The smallest absolute Gasteiger partial charge is 0.416 e. The molecular weight excluding hydrogens is 465 g/mol. The van der Waals surface area contributed by atoms with Gasteiger partial charge in [0, 0.05) is 18.1 Å². The zero-order valence-electron chi connectivity index (χ0n) is 21.2. The van der Waals surface area contributed by atoms with Gasteiger partial charge in [-0.1, -0.05) is 24.3 Å². The lowest BCUT2D eigenvalue weighted by molar-refractivity contribution is -0.137. The summed E-state index contributed by atoms with van der Waals surface area (Å²) in [5, 5.41) is 3.03. The molecule has 2 unspecified atom stereocenters. The molecule has 2 aliphatic carbocycles. The standard InChI is InChI=1S/C29H35F3N2O2/c1-28(2,3)36-27(35)33-22-8-10-23(11-9-22)34-14-13-20-17-26(34)25-16-19(7-12-24(20)25)18-5-4-6-21(15-18)29(30,31)32/h4-7,12,15-16,20,22-23,26H,8-11,13-14,17H2,1-3H3,(H,33,35). The number of carbonyl (C=O) groups is 1. The predicted molar refractivity (Wildman–Crippen MR) is 134 cm³/mol. The summed E-state index contributed by atoms with van der Waals surface area (Å²) in [5.41, 5.74) is 2.97. The van der Waals surface area contributed by atoms with Gasteiger partial charge in [0.15, 0.2) is 0 Å². The minimum absolute atomic E-state index is 0.136. The van der Waals surface area contributed by atoms with E-state index in [1.165, 1.54) is 23.3 Å². The number of piperidine rings is 1. The predicted octanol–water partition coefficient (Wildman–Crippen LogP) is 7.44. The Bertz CT molecular complexity index is 1120. The van der Waals surface area contributed by atoms with Crippen LogP contribution in [-0.2, 0) is 10.9 Å². The summed E-state index contributed by atoms with van der Waals surface area (Å²) >= 11 is 0. The fraction of sp³-hybridized carbons (Fsp3) is 0.552. The van der Waals surface area contributed by atoms with Crippen molar-refractivity contribution in [1.82, 2.24) is 10.2 Å². The van der Waals surface area contributed by atoms with E-state index in [4.69, 9.17) is 4.74 Å². The Hall–Kier alpha value is -2.54. The Kier molecular flexibility index (Phi) is 6.56. The Labute approximate surface area is 211 Å². The van der Waals surface area contributed by atoms with Crippen LogP contribution >= 0.6 is 0 Å². The SMILES string of the molecule is CC(C)(C)OC(=O)NC1CCC(N2CCC3CC2c2cc(-c4cccc(C(F)(F)F)c4)ccc23)CC1. The molecule has 36 heavy (non-hydrogen) atoms. The first-order valence-corrected chi connectivity index (χ1v) is 13.0. The van der Waals surface area contributed by atoms with Crippen molar-refractivity contribution in [2.24, 2.45) is 0 Å². The molecule has 0 radical (unpaired) electrons. The van der Waals surface area contributed by atoms with E-state index >= 15 is 0 Å². The second kappa shape index (κ2) is 9.40. The summed E-state index contributed by atoms with van der Waals surface area (Å²) < 4.78 is 45.2. The third kappa shape index (κ3) is 5.26. The number of nitrogens with one attached hydrogen (secondary N) is 1. The summed E-state index contributed by atoms with van der Waals surface area (Å²) in [5.74, 6) is 0.530. The summed E-state index contributed by atoms with van der Waals surface area (Å²) in [6, 6.07) is 12.8. The van der Waals surface area contributed by atoms with Gasteiger partial charge in [0.05, 0.1) is 5.56 Å². The molecule has 4 nitrogen and oxygen atoms in total. The maximum Gasteiger partial charge on any atom is 0.416 e. The van der Waals surface area contributed by atoms with Crippen LogP contribution in [0.4, 0.5) is 18.0 Å². The first kappa shape index (κ1) is 25.1. The minimum Gasteiger partial charge on any atom is -0.444 e. The van der Waals surface area contributed by atoms with E-state index in [9.17, 15) is 18.0 Å². The fourth-order valence-corrected chi connectivity index (χ4v) is 6.32. The van der Waals surface area contributed by atoms with Gasteiger partial charge in [-0.3, -0.25) is 4.90 Å². The molecule has 0 spiro atoms. The zero-order chi connectivity index (χ0) is 25.7. The molecule has 0 aromatic heterocycles. The first-order valence-electron chi connectivity index (χ1n) is 13.0. The number of alkyl carbamates (subject to hydrolysis) is 1. The van der Waals surface area contributed by atoms with Crippen molar-refractivity contribution in [3.63, 3.8) is 0 Å². The van der Waals surface area contributed by atoms with Crippen LogP contribution in [0.2, 0.25) is 0 Å². The molecule has 1 aliphatic heterocycles. The van der Waals surface area contributed by atoms with Crippen molar-refractivity contribution < 1.29 is 22.7 Å². The second-order valence-corrected chi connectivity index (χ2v) is 11.5. The van der Waals surface area contributed by atoms with Gasteiger partial charge in [-0.2, -0.15) is 13.2 Å². The van der Waals surface area contributed by atoms with E-state index in [2.05, 4.69) is 22.3 Å². The van der Waals surface area contributed by atoms with Crippen LogP contribution < -0.4 is 5.32 Å². The van der Waals surface area contributed by atoms with Gasteiger partial charge < -0.3 is 10.1 Å².